The zero-order chi connectivity index (χ0) is 16.6. The zero-order valence-corrected chi connectivity index (χ0v) is 14.3. The van der Waals surface area contributed by atoms with Crippen LogP contribution in [0.5, 0.6) is 0 Å². The number of nitrogens with zero attached hydrogens (tertiary/aromatic N) is 2. The van der Waals surface area contributed by atoms with Crippen molar-refractivity contribution < 1.29 is 23.6 Å². The summed E-state index contributed by atoms with van der Waals surface area (Å²) in [5, 5.41) is 0.552. The minimum Gasteiger partial charge on any atom is -0.368 e. The van der Waals surface area contributed by atoms with Crippen LogP contribution in [0.2, 0.25) is 0 Å². The van der Waals surface area contributed by atoms with Gasteiger partial charge >= 0.3 is 5.97 Å². The van der Waals surface area contributed by atoms with E-state index >= 15 is 0 Å². The quantitative estimate of drug-likeness (QED) is 0.539. The van der Waals surface area contributed by atoms with Crippen LogP contribution in [-0.4, -0.2) is 35.9 Å². The van der Waals surface area contributed by atoms with Gasteiger partial charge in [0.25, 0.3) is 11.8 Å². The van der Waals surface area contributed by atoms with Crippen molar-refractivity contribution in [2.75, 3.05) is 18.0 Å². The van der Waals surface area contributed by atoms with Gasteiger partial charge in [0.2, 0.25) is 0 Å². The first-order chi connectivity index (χ1) is 11.0. The fraction of sp³-hybridized carbons (Fsp3) is 0.400. The van der Waals surface area contributed by atoms with Crippen LogP contribution < -0.4 is 4.90 Å². The molecular weight excluding hydrogens is 418 g/mol. The minimum atomic E-state index is -0.623. The molecule has 0 aromatic heterocycles. The van der Waals surface area contributed by atoms with Gasteiger partial charge in [-0.3, -0.25) is 9.59 Å². The van der Waals surface area contributed by atoms with E-state index in [1.54, 1.807) is 17.0 Å². The van der Waals surface area contributed by atoms with E-state index in [0.29, 0.717) is 30.3 Å². The number of hydrogen-bond donors (Lipinski definition) is 0. The lowest BCUT2D eigenvalue weighted by molar-refractivity contribution is -0.200. The molecule has 2 saturated heterocycles. The molecule has 8 heteroatoms. The topological polar surface area (TPSA) is 66.9 Å². The number of hydroxylamine groups is 2. The Labute approximate surface area is 145 Å². The van der Waals surface area contributed by atoms with Crippen molar-refractivity contribution in [3.8, 4) is 0 Å². The number of rotatable bonds is 3. The van der Waals surface area contributed by atoms with Crippen molar-refractivity contribution in [3.63, 3.8) is 0 Å². The molecule has 0 radical (unpaired) electrons. The van der Waals surface area contributed by atoms with Gasteiger partial charge in [-0.25, -0.2) is 9.18 Å². The Morgan fingerprint density at radius 1 is 1.26 bits per heavy atom. The summed E-state index contributed by atoms with van der Waals surface area (Å²) >= 11 is 2.03. The van der Waals surface area contributed by atoms with Gasteiger partial charge in [0, 0.05) is 29.5 Å². The van der Waals surface area contributed by atoms with Crippen molar-refractivity contribution in [2.45, 2.75) is 19.3 Å². The standard InChI is InChI=1S/C15H14FIN2O4/c16-11-7-10(17)1-2-12(11)18-6-5-9(8-18)15(22)23-19-13(20)3-4-14(19)21/h1-2,7,9H,3-6,8H2/t9-/m0/s1. The Balaban J connectivity index is 1.64. The highest BCUT2D eigenvalue weighted by Gasteiger charge is 2.37. The third-order valence-corrected chi connectivity index (χ3v) is 4.63. The maximum atomic E-state index is 14.0. The molecule has 2 amide bonds. The second kappa shape index (κ2) is 6.42. The molecule has 6 nitrogen and oxygen atoms in total. The normalized spacial score (nSPS) is 21.2. The summed E-state index contributed by atoms with van der Waals surface area (Å²) in [5.74, 6) is -2.45. The van der Waals surface area contributed by atoms with Crippen LogP contribution >= 0.6 is 22.6 Å². The number of amides is 2. The van der Waals surface area contributed by atoms with Crippen LogP contribution in [0.1, 0.15) is 19.3 Å². The number of carbonyl (C=O) groups excluding carboxylic acids is 3. The molecule has 2 fully saturated rings. The summed E-state index contributed by atoms with van der Waals surface area (Å²) in [6, 6.07) is 4.91. The predicted molar refractivity (Wildman–Crippen MR) is 86.6 cm³/mol. The van der Waals surface area contributed by atoms with E-state index in [1.807, 2.05) is 22.6 Å². The highest BCUT2D eigenvalue weighted by atomic mass is 127. The van der Waals surface area contributed by atoms with E-state index in [9.17, 15) is 18.8 Å². The van der Waals surface area contributed by atoms with Crippen LogP contribution in [0, 0.1) is 15.3 Å². The Bertz CT molecular complexity index is 665. The van der Waals surface area contributed by atoms with Gasteiger partial charge in [0.1, 0.15) is 5.82 Å². The molecule has 3 rings (SSSR count). The summed E-state index contributed by atoms with van der Waals surface area (Å²) in [5.41, 5.74) is 0.439. The molecule has 0 spiro atoms. The maximum absolute atomic E-state index is 14.0. The van der Waals surface area contributed by atoms with Gasteiger partial charge in [-0.15, -0.1) is 5.06 Å². The summed E-state index contributed by atoms with van der Waals surface area (Å²) in [6.45, 7) is 0.811. The van der Waals surface area contributed by atoms with Crippen molar-refractivity contribution in [2.24, 2.45) is 5.92 Å². The highest BCUT2D eigenvalue weighted by Crippen LogP contribution is 2.28. The fourth-order valence-corrected chi connectivity index (χ4v) is 3.18. The highest BCUT2D eigenvalue weighted by molar-refractivity contribution is 14.1. The molecule has 0 aliphatic carbocycles. The molecule has 0 bridgehead atoms. The van der Waals surface area contributed by atoms with Crippen LogP contribution in [0.4, 0.5) is 10.1 Å². The second-order valence-electron chi connectivity index (χ2n) is 5.52. The van der Waals surface area contributed by atoms with Crippen LogP contribution in [0.25, 0.3) is 0 Å². The first kappa shape index (κ1) is 16.2. The van der Waals surface area contributed by atoms with Crippen molar-refractivity contribution >= 4 is 46.1 Å². The Morgan fingerprint density at radius 2 is 1.96 bits per heavy atom. The van der Waals surface area contributed by atoms with Crippen LogP contribution in [-0.2, 0) is 19.2 Å². The van der Waals surface area contributed by atoms with Crippen LogP contribution in [0.3, 0.4) is 0 Å². The molecule has 1 aromatic rings. The number of hydrogen-bond acceptors (Lipinski definition) is 5. The third-order valence-electron chi connectivity index (χ3n) is 3.96. The lowest BCUT2D eigenvalue weighted by Crippen LogP contribution is -2.35. The van der Waals surface area contributed by atoms with Gasteiger partial charge < -0.3 is 9.74 Å². The molecular formula is C15H14FIN2O4. The predicted octanol–water partition coefficient (Wildman–Crippen LogP) is 1.86. The minimum absolute atomic E-state index is 0.0662. The number of imide groups is 1. The van der Waals surface area contributed by atoms with E-state index in [0.717, 1.165) is 3.57 Å². The monoisotopic (exact) mass is 432 g/mol. The van der Waals surface area contributed by atoms with Gasteiger partial charge in [-0.1, -0.05) is 0 Å². The molecule has 1 aromatic carbocycles. The first-order valence-electron chi connectivity index (χ1n) is 7.23. The summed E-state index contributed by atoms with van der Waals surface area (Å²) < 4.78 is 14.8. The Hall–Kier alpha value is -1.71. The van der Waals surface area contributed by atoms with Gasteiger partial charge in [-0.2, -0.15) is 0 Å². The first-order valence-corrected chi connectivity index (χ1v) is 8.31. The van der Waals surface area contributed by atoms with E-state index < -0.39 is 23.7 Å². The molecule has 122 valence electrons. The maximum Gasteiger partial charge on any atom is 0.338 e. The molecule has 1 atom stereocenters. The molecule has 0 unspecified atom stereocenters. The van der Waals surface area contributed by atoms with Crippen molar-refractivity contribution in [1.29, 1.82) is 0 Å². The Kier molecular flexibility index (Phi) is 4.51. The molecule has 2 aliphatic heterocycles. The van der Waals surface area contributed by atoms with E-state index in [4.69, 9.17) is 4.84 Å². The van der Waals surface area contributed by atoms with E-state index in [2.05, 4.69) is 0 Å². The van der Waals surface area contributed by atoms with Crippen molar-refractivity contribution in [1.82, 2.24) is 5.06 Å². The smallest absolute Gasteiger partial charge is 0.338 e. The largest absolute Gasteiger partial charge is 0.368 e. The Morgan fingerprint density at radius 3 is 2.61 bits per heavy atom. The van der Waals surface area contributed by atoms with Gasteiger partial charge in [0.05, 0.1) is 11.6 Å². The van der Waals surface area contributed by atoms with Gasteiger partial charge in [0.15, 0.2) is 0 Å². The number of anilines is 1. The average Bonchev–Trinajstić information content (AvgIpc) is 3.09. The molecule has 2 aliphatic rings. The SMILES string of the molecule is O=C(ON1C(=O)CCC1=O)[C@H]1CCN(c2ccc(I)cc2F)C1. The second-order valence-corrected chi connectivity index (χ2v) is 6.77. The van der Waals surface area contributed by atoms with Gasteiger partial charge in [-0.05, 0) is 47.2 Å². The number of halogens is 2. The fourth-order valence-electron chi connectivity index (χ4n) is 2.73. The molecule has 0 saturated carbocycles. The van der Waals surface area contributed by atoms with E-state index in [-0.39, 0.29) is 18.7 Å². The summed E-state index contributed by atoms with van der Waals surface area (Å²) in [4.78, 5) is 41.7. The van der Waals surface area contributed by atoms with Crippen molar-refractivity contribution in [3.05, 3.63) is 27.6 Å². The summed E-state index contributed by atoms with van der Waals surface area (Å²) in [6.07, 6.45) is 0.619. The molecule has 23 heavy (non-hydrogen) atoms. The number of benzene rings is 1. The molecule has 2 heterocycles. The lowest BCUT2D eigenvalue weighted by atomic mass is 10.1. The number of carbonyl (C=O) groups is 3. The summed E-state index contributed by atoms with van der Waals surface area (Å²) in [7, 11) is 0. The zero-order valence-electron chi connectivity index (χ0n) is 12.1. The van der Waals surface area contributed by atoms with E-state index in [1.165, 1.54) is 6.07 Å². The van der Waals surface area contributed by atoms with Crippen LogP contribution in [0.15, 0.2) is 18.2 Å². The lowest BCUT2D eigenvalue weighted by Gasteiger charge is -2.20. The third kappa shape index (κ3) is 3.31. The average molecular weight is 432 g/mol. The molecule has 0 N–H and O–H groups in total.